The Kier molecular flexibility index (Phi) is 6.31. The number of hydrogen-bond donors (Lipinski definition) is 2. The SMILES string of the molecule is COc1ccc(-c2nc(C(=O)NCc3ccc(F)cc3F)c([C@H](C)N)o2)cc1OC. The predicted molar refractivity (Wildman–Crippen MR) is 105 cm³/mol. The van der Waals surface area contributed by atoms with Crippen molar-refractivity contribution >= 4 is 5.91 Å². The summed E-state index contributed by atoms with van der Waals surface area (Å²) in [5, 5.41) is 2.55. The third-order valence-electron chi connectivity index (χ3n) is 4.37. The van der Waals surface area contributed by atoms with E-state index in [1.54, 1.807) is 25.1 Å². The summed E-state index contributed by atoms with van der Waals surface area (Å²) < 4.78 is 43.1. The van der Waals surface area contributed by atoms with Crippen LogP contribution < -0.4 is 20.5 Å². The van der Waals surface area contributed by atoms with Gasteiger partial charge < -0.3 is 24.9 Å². The number of benzene rings is 2. The van der Waals surface area contributed by atoms with Gasteiger partial charge in [0.1, 0.15) is 11.6 Å². The molecule has 1 heterocycles. The number of hydrogen-bond acceptors (Lipinski definition) is 6. The van der Waals surface area contributed by atoms with Crippen molar-refractivity contribution in [3.63, 3.8) is 0 Å². The van der Waals surface area contributed by atoms with Crippen molar-refractivity contribution in [1.82, 2.24) is 10.3 Å². The average Bonchev–Trinajstić information content (AvgIpc) is 3.18. The van der Waals surface area contributed by atoms with Crippen LogP contribution in [0.25, 0.3) is 11.5 Å². The zero-order valence-corrected chi connectivity index (χ0v) is 16.7. The summed E-state index contributed by atoms with van der Waals surface area (Å²) >= 11 is 0. The molecule has 0 aliphatic rings. The molecule has 3 aromatic rings. The Balaban J connectivity index is 1.88. The van der Waals surface area contributed by atoms with Gasteiger partial charge in [0.15, 0.2) is 23.0 Å². The summed E-state index contributed by atoms with van der Waals surface area (Å²) in [6, 6.07) is 7.55. The fourth-order valence-electron chi connectivity index (χ4n) is 2.82. The van der Waals surface area contributed by atoms with Gasteiger partial charge in [0.25, 0.3) is 5.91 Å². The number of nitrogens with zero attached hydrogens (tertiary/aromatic N) is 1. The van der Waals surface area contributed by atoms with Crippen molar-refractivity contribution in [1.29, 1.82) is 0 Å². The van der Waals surface area contributed by atoms with Gasteiger partial charge >= 0.3 is 0 Å². The highest BCUT2D eigenvalue weighted by molar-refractivity contribution is 5.94. The maximum atomic E-state index is 13.8. The number of nitrogens with two attached hydrogens (primary N) is 1. The molecular formula is C21H21F2N3O4. The van der Waals surface area contributed by atoms with Crippen LogP contribution in [0, 0.1) is 11.6 Å². The third kappa shape index (κ3) is 4.41. The van der Waals surface area contributed by atoms with Gasteiger partial charge in [0.05, 0.1) is 20.3 Å². The molecule has 0 fully saturated rings. The molecule has 3 N–H and O–H groups in total. The van der Waals surface area contributed by atoms with E-state index in [-0.39, 0.29) is 29.5 Å². The fraction of sp³-hybridized carbons (Fsp3) is 0.238. The zero-order valence-electron chi connectivity index (χ0n) is 16.7. The Morgan fingerprint density at radius 3 is 2.53 bits per heavy atom. The summed E-state index contributed by atoms with van der Waals surface area (Å²) in [5.74, 6) is -0.709. The van der Waals surface area contributed by atoms with Crippen LogP contribution in [0.3, 0.4) is 0 Å². The Bertz CT molecular complexity index is 1070. The highest BCUT2D eigenvalue weighted by Crippen LogP contribution is 2.33. The van der Waals surface area contributed by atoms with Crippen molar-refractivity contribution in [2.24, 2.45) is 5.73 Å². The second kappa shape index (κ2) is 8.91. The van der Waals surface area contributed by atoms with Gasteiger partial charge in [0, 0.05) is 23.7 Å². The minimum absolute atomic E-state index is 0.0164. The highest BCUT2D eigenvalue weighted by atomic mass is 19.1. The number of halogens is 2. The smallest absolute Gasteiger partial charge is 0.273 e. The van der Waals surface area contributed by atoms with Crippen LogP contribution in [0.1, 0.15) is 34.8 Å². The van der Waals surface area contributed by atoms with Gasteiger partial charge in [-0.05, 0) is 31.2 Å². The first kappa shape index (κ1) is 21.3. The molecule has 0 unspecified atom stereocenters. The molecule has 1 amide bonds. The summed E-state index contributed by atoms with van der Waals surface area (Å²) in [6.07, 6.45) is 0. The minimum Gasteiger partial charge on any atom is -0.493 e. The van der Waals surface area contributed by atoms with E-state index in [0.29, 0.717) is 17.1 Å². The molecule has 158 valence electrons. The van der Waals surface area contributed by atoms with Crippen molar-refractivity contribution in [2.45, 2.75) is 19.5 Å². The normalized spacial score (nSPS) is 11.8. The Morgan fingerprint density at radius 1 is 1.17 bits per heavy atom. The summed E-state index contributed by atoms with van der Waals surface area (Å²) in [4.78, 5) is 16.9. The molecule has 0 radical (unpaired) electrons. The number of nitrogens with one attached hydrogen (secondary N) is 1. The molecule has 7 nitrogen and oxygen atoms in total. The second-order valence-corrected chi connectivity index (χ2v) is 6.51. The molecule has 30 heavy (non-hydrogen) atoms. The number of oxazole rings is 1. The average molecular weight is 417 g/mol. The lowest BCUT2D eigenvalue weighted by Gasteiger charge is -2.07. The zero-order chi connectivity index (χ0) is 21.8. The van der Waals surface area contributed by atoms with E-state index in [2.05, 4.69) is 10.3 Å². The first-order valence-corrected chi connectivity index (χ1v) is 9.04. The first-order chi connectivity index (χ1) is 14.3. The maximum absolute atomic E-state index is 13.8. The van der Waals surface area contributed by atoms with E-state index < -0.39 is 23.6 Å². The van der Waals surface area contributed by atoms with Gasteiger partial charge in [-0.3, -0.25) is 4.79 Å². The molecule has 0 bridgehead atoms. The quantitative estimate of drug-likeness (QED) is 0.610. The fourth-order valence-corrected chi connectivity index (χ4v) is 2.82. The van der Waals surface area contributed by atoms with Crippen molar-refractivity contribution in [2.75, 3.05) is 14.2 Å². The van der Waals surface area contributed by atoms with Gasteiger partial charge in [0.2, 0.25) is 5.89 Å². The van der Waals surface area contributed by atoms with E-state index in [0.717, 1.165) is 12.1 Å². The summed E-state index contributed by atoms with van der Waals surface area (Å²) in [6.45, 7) is 1.50. The summed E-state index contributed by atoms with van der Waals surface area (Å²) in [7, 11) is 3.02. The monoisotopic (exact) mass is 417 g/mol. The molecule has 3 rings (SSSR count). The molecular weight excluding hydrogens is 396 g/mol. The van der Waals surface area contributed by atoms with Crippen LogP contribution in [0.5, 0.6) is 11.5 Å². The van der Waals surface area contributed by atoms with Crippen LogP contribution in [-0.4, -0.2) is 25.1 Å². The van der Waals surface area contributed by atoms with Crippen LogP contribution in [0.15, 0.2) is 40.8 Å². The van der Waals surface area contributed by atoms with Gasteiger partial charge in [-0.2, -0.15) is 0 Å². The molecule has 9 heteroatoms. The van der Waals surface area contributed by atoms with E-state index >= 15 is 0 Å². The lowest BCUT2D eigenvalue weighted by Crippen LogP contribution is -2.25. The molecule has 0 saturated carbocycles. The van der Waals surface area contributed by atoms with Crippen molar-refractivity contribution in [3.05, 3.63) is 65.1 Å². The standard InChI is InChI=1S/C21H21F2N3O4/c1-11(24)19-18(20(27)25-10-13-4-6-14(22)9-15(13)23)26-21(30-19)12-5-7-16(28-2)17(8-12)29-3/h4-9,11H,10,24H2,1-3H3,(H,25,27)/t11-/m0/s1. The Labute approximate surface area is 171 Å². The third-order valence-corrected chi connectivity index (χ3v) is 4.37. The maximum Gasteiger partial charge on any atom is 0.273 e. The number of ether oxygens (including phenoxy) is 2. The minimum atomic E-state index is -0.756. The molecule has 0 aliphatic carbocycles. The van der Waals surface area contributed by atoms with E-state index in [9.17, 15) is 13.6 Å². The molecule has 0 spiro atoms. The molecule has 2 aromatic carbocycles. The number of carbonyl (C=O) groups excluding carboxylic acids is 1. The van der Waals surface area contributed by atoms with Gasteiger partial charge in [-0.15, -0.1) is 0 Å². The lowest BCUT2D eigenvalue weighted by molar-refractivity contribution is 0.0943. The Morgan fingerprint density at radius 2 is 1.90 bits per heavy atom. The van der Waals surface area contributed by atoms with Crippen molar-refractivity contribution < 1.29 is 27.5 Å². The van der Waals surface area contributed by atoms with E-state index in [1.807, 2.05) is 0 Å². The molecule has 0 saturated heterocycles. The van der Waals surface area contributed by atoms with Gasteiger partial charge in [-0.25, -0.2) is 13.8 Å². The molecule has 1 atom stereocenters. The van der Waals surface area contributed by atoms with Crippen LogP contribution >= 0.6 is 0 Å². The molecule has 1 aromatic heterocycles. The number of amides is 1. The first-order valence-electron chi connectivity index (χ1n) is 9.04. The largest absolute Gasteiger partial charge is 0.493 e. The number of carbonyl (C=O) groups is 1. The number of methoxy groups -OCH3 is 2. The second-order valence-electron chi connectivity index (χ2n) is 6.51. The number of aromatic nitrogens is 1. The van der Waals surface area contributed by atoms with Crippen molar-refractivity contribution in [3.8, 4) is 23.0 Å². The number of rotatable bonds is 7. The lowest BCUT2D eigenvalue weighted by atomic mass is 10.2. The summed E-state index contributed by atoms with van der Waals surface area (Å²) in [5.41, 5.74) is 6.61. The van der Waals surface area contributed by atoms with Gasteiger partial charge in [-0.1, -0.05) is 6.07 Å². The van der Waals surface area contributed by atoms with Crippen LogP contribution in [-0.2, 0) is 6.54 Å². The van der Waals surface area contributed by atoms with Crippen LogP contribution in [0.2, 0.25) is 0 Å². The van der Waals surface area contributed by atoms with Crippen LogP contribution in [0.4, 0.5) is 8.78 Å². The van der Waals surface area contributed by atoms with E-state index in [4.69, 9.17) is 19.6 Å². The molecule has 0 aliphatic heterocycles. The topological polar surface area (TPSA) is 99.6 Å². The highest BCUT2D eigenvalue weighted by Gasteiger charge is 2.24. The predicted octanol–water partition coefficient (Wildman–Crippen LogP) is 3.59. The Hall–Kier alpha value is -3.46. The van der Waals surface area contributed by atoms with E-state index in [1.165, 1.54) is 20.3 Å².